The molecule has 4 aromatic rings. The molecule has 4 nitrogen and oxygen atoms in total. The van der Waals surface area contributed by atoms with Gasteiger partial charge in [0.1, 0.15) is 0 Å². The van der Waals surface area contributed by atoms with Gasteiger partial charge in [-0.1, -0.05) is 96.0 Å². The summed E-state index contributed by atoms with van der Waals surface area (Å²) in [6.07, 6.45) is 0. The summed E-state index contributed by atoms with van der Waals surface area (Å²) in [5.41, 5.74) is 1.53. The van der Waals surface area contributed by atoms with Crippen LogP contribution in [0.3, 0.4) is 0 Å². The number of hydrogen-bond donors (Lipinski definition) is 0. The summed E-state index contributed by atoms with van der Waals surface area (Å²) >= 11 is 12.2. The quantitative estimate of drug-likeness (QED) is 0.275. The van der Waals surface area contributed by atoms with Crippen LogP contribution in [-0.4, -0.2) is 23.1 Å². The zero-order valence-corrected chi connectivity index (χ0v) is 21.1. The van der Waals surface area contributed by atoms with E-state index >= 15 is 0 Å². The van der Waals surface area contributed by atoms with Crippen LogP contribution in [0, 0.1) is 0 Å². The van der Waals surface area contributed by atoms with E-state index < -0.39 is 23.1 Å². The number of benzene rings is 4. The minimum atomic E-state index is -0.507. The monoisotopic (exact) mass is 534 g/mol. The maximum atomic E-state index is 14.2. The third-order valence-corrected chi connectivity index (χ3v) is 7.26. The van der Waals surface area contributed by atoms with Crippen molar-refractivity contribution in [1.82, 2.24) is 0 Å². The Kier molecular flexibility index (Phi) is 5.79. The molecule has 0 saturated carbocycles. The fraction of sp³-hybridized carbons (Fsp3) is 0. The topological polar surface area (TPSA) is 68.3 Å². The zero-order valence-electron chi connectivity index (χ0n) is 19.6. The molecule has 0 saturated heterocycles. The summed E-state index contributed by atoms with van der Waals surface area (Å²) in [4.78, 5) is 56.2. The van der Waals surface area contributed by atoms with Gasteiger partial charge in [0.15, 0.2) is 23.1 Å². The van der Waals surface area contributed by atoms with Crippen LogP contribution in [0.25, 0.3) is 11.1 Å². The number of carbonyl (C=O) groups excluding carboxylic acids is 4. The Balaban J connectivity index is 1.76. The smallest absolute Gasteiger partial charge is 0.195 e. The van der Waals surface area contributed by atoms with Crippen molar-refractivity contribution in [2.24, 2.45) is 0 Å². The highest BCUT2D eigenvalue weighted by Gasteiger charge is 2.42. The number of rotatable bonds is 3. The molecular formula is C32H16Cl2O4. The second kappa shape index (κ2) is 9.18. The molecule has 0 amide bonds. The minimum Gasteiger partial charge on any atom is -0.289 e. The third kappa shape index (κ3) is 3.69. The van der Waals surface area contributed by atoms with Crippen molar-refractivity contribution in [3.8, 4) is 0 Å². The number of halogens is 2. The first-order valence-electron chi connectivity index (χ1n) is 11.7. The summed E-state index contributed by atoms with van der Waals surface area (Å²) in [5.74, 6) is -1.85. The van der Waals surface area contributed by atoms with Gasteiger partial charge >= 0.3 is 0 Å². The highest BCUT2D eigenvalue weighted by atomic mass is 35.5. The Hall–Kier alpha value is -4.38. The predicted octanol–water partition coefficient (Wildman–Crippen LogP) is 7.36. The first kappa shape index (κ1) is 24.0. The normalized spacial score (nSPS) is 15.1. The van der Waals surface area contributed by atoms with E-state index in [2.05, 4.69) is 0 Å². The van der Waals surface area contributed by atoms with Gasteiger partial charge in [0, 0.05) is 54.6 Å². The van der Waals surface area contributed by atoms with Crippen molar-refractivity contribution >= 4 is 57.5 Å². The Morgan fingerprint density at radius 1 is 0.342 bits per heavy atom. The van der Waals surface area contributed by atoms with Crippen molar-refractivity contribution < 1.29 is 19.2 Å². The molecule has 0 aliphatic heterocycles. The van der Waals surface area contributed by atoms with E-state index in [9.17, 15) is 19.2 Å². The van der Waals surface area contributed by atoms with E-state index in [4.69, 9.17) is 23.2 Å². The molecule has 4 aromatic carbocycles. The number of hydrogen-bond acceptors (Lipinski definition) is 4. The fourth-order valence-electron chi connectivity index (χ4n) is 5.01. The average Bonchev–Trinajstić information content (AvgIpc) is 2.94. The molecule has 2 aliphatic rings. The van der Waals surface area contributed by atoms with Gasteiger partial charge in [-0.25, -0.2) is 0 Å². The van der Waals surface area contributed by atoms with Crippen LogP contribution < -0.4 is 0 Å². The van der Waals surface area contributed by atoms with Gasteiger partial charge in [-0.05, 0) is 35.4 Å². The van der Waals surface area contributed by atoms with Crippen LogP contribution in [0.5, 0.6) is 0 Å². The lowest BCUT2D eigenvalue weighted by Gasteiger charge is -2.27. The molecule has 0 unspecified atom stereocenters. The SMILES string of the molecule is O=C1C(C2=C(c3ccc(Cl)cc3)C(=O)c3ccccc3C2=O)=C(c2ccc(Cl)cc2)C(=O)c2ccccc21. The van der Waals surface area contributed by atoms with E-state index in [-0.39, 0.29) is 44.5 Å². The highest BCUT2D eigenvalue weighted by molar-refractivity contribution is 6.49. The van der Waals surface area contributed by atoms with Crippen molar-refractivity contribution in [1.29, 1.82) is 0 Å². The molecule has 0 atom stereocenters. The molecule has 6 heteroatoms. The van der Waals surface area contributed by atoms with Crippen LogP contribution in [0.15, 0.2) is 108 Å². The number of ketones is 4. The molecule has 0 spiro atoms. The maximum Gasteiger partial charge on any atom is 0.195 e. The van der Waals surface area contributed by atoms with Gasteiger partial charge < -0.3 is 0 Å². The van der Waals surface area contributed by atoms with E-state index in [1.165, 1.54) is 0 Å². The van der Waals surface area contributed by atoms with Crippen molar-refractivity contribution in [2.45, 2.75) is 0 Å². The number of allylic oxidation sites excluding steroid dienone is 4. The fourth-order valence-corrected chi connectivity index (χ4v) is 5.26. The van der Waals surface area contributed by atoms with Crippen molar-refractivity contribution in [3.63, 3.8) is 0 Å². The molecule has 38 heavy (non-hydrogen) atoms. The van der Waals surface area contributed by atoms with Gasteiger partial charge in [-0.3, -0.25) is 19.2 Å². The van der Waals surface area contributed by atoms with Gasteiger partial charge in [0.25, 0.3) is 0 Å². The van der Waals surface area contributed by atoms with Crippen LogP contribution >= 0.6 is 23.2 Å². The lowest BCUT2D eigenvalue weighted by atomic mass is 9.72. The largest absolute Gasteiger partial charge is 0.289 e. The minimum absolute atomic E-state index is 0.0485. The molecule has 0 radical (unpaired) electrons. The van der Waals surface area contributed by atoms with Gasteiger partial charge in [-0.15, -0.1) is 0 Å². The Bertz CT molecular complexity index is 1640. The molecule has 0 heterocycles. The van der Waals surface area contributed by atoms with E-state index in [0.29, 0.717) is 21.2 Å². The first-order valence-corrected chi connectivity index (χ1v) is 12.5. The number of Topliss-reactive ketones (excluding diaryl/α,β-unsaturated/α-hetero) is 4. The number of carbonyl (C=O) groups is 4. The Labute approximate surface area is 227 Å². The first-order chi connectivity index (χ1) is 18.4. The molecule has 0 fully saturated rings. The summed E-state index contributed by atoms with van der Waals surface area (Å²) < 4.78 is 0. The Morgan fingerprint density at radius 3 is 0.895 bits per heavy atom. The summed E-state index contributed by atoms with van der Waals surface area (Å²) in [5, 5.41) is 0.898. The maximum absolute atomic E-state index is 14.2. The second-order valence-electron chi connectivity index (χ2n) is 8.92. The average molecular weight is 535 g/mol. The highest BCUT2D eigenvalue weighted by Crippen LogP contribution is 2.43. The van der Waals surface area contributed by atoms with Gasteiger partial charge in [0.05, 0.1) is 0 Å². The van der Waals surface area contributed by atoms with Gasteiger partial charge in [-0.2, -0.15) is 0 Å². The molecule has 0 aromatic heterocycles. The van der Waals surface area contributed by atoms with E-state index in [0.717, 1.165) is 0 Å². The number of fused-ring (bicyclic) bond motifs is 2. The second-order valence-corrected chi connectivity index (χ2v) is 9.79. The molecule has 0 N–H and O–H groups in total. The van der Waals surface area contributed by atoms with Crippen molar-refractivity contribution in [2.75, 3.05) is 0 Å². The molecule has 6 rings (SSSR count). The van der Waals surface area contributed by atoms with Crippen LogP contribution in [0.2, 0.25) is 10.0 Å². The standard InChI is InChI=1S/C32H16Cl2O4/c33-19-13-9-17(10-14-19)25-27(31(37)23-7-3-1-5-21(23)29(25)35)28-26(18-11-15-20(34)16-12-18)30(36)22-6-2-4-8-24(22)32(28)38/h1-16H. The molecule has 0 bridgehead atoms. The van der Waals surface area contributed by atoms with E-state index in [1.807, 2.05) is 0 Å². The lowest BCUT2D eigenvalue weighted by Crippen LogP contribution is -2.29. The molecule has 2 aliphatic carbocycles. The van der Waals surface area contributed by atoms with Gasteiger partial charge in [0.2, 0.25) is 0 Å². The summed E-state index contributed by atoms with van der Waals surface area (Å²) in [6.45, 7) is 0. The Morgan fingerprint density at radius 2 is 0.605 bits per heavy atom. The predicted molar refractivity (Wildman–Crippen MR) is 147 cm³/mol. The van der Waals surface area contributed by atoms with Crippen LogP contribution in [0.1, 0.15) is 52.6 Å². The van der Waals surface area contributed by atoms with Crippen LogP contribution in [0.4, 0.5) is 0 Å². The zero-order chi connectivity index (χ0) is 26.6. The van der Waals surface area contributed by atoms with E-state index in [1.54, 1.807) is 97.1 Å². The summed E-state index contributed by atoms with van der Waals surface area (Å²) in [6, 6.07) is 25.9. The van der Waals surface area contributed by atoms with Crippen molar-refractivity contribution in [3.05, 3.63) is 152 Å². The lowest BCUT2D eigenvalue weighted by molar-refractivity contribution is 0.0969. The third-order valence-electron chi connectivity index (χ3n) is 6.76. The molecule has 182 valence electrons. The summed E-state index contributed by atoms with van der Waals surface area (Å²) in [7, 11) is 0. The molecular weight excluding hydrogens is 519 g/mol. The van der Waals surface area contributed by atoms with Crippen LogP contribution in [-0.2, 0) is 0 Å².